The van der Waals surface area contributed by atoms with Gasteiger partial charge in [0.05, 0.1) is 22.4 Å². The maximum absolute atomic E-state index is 13.4. The van der Waals surface area contributed by atoms with Crippen molar-refractivity contribution >= 4 is 22.6 Å². The van der Waals surface area contributed by atoms with Crippen molar-refractivity contribution in [3.05, 3.63) is 96.3 Å². The topological polar surface area (TPSA) is 120 Å². The molecule has 8 nitrogen and oxygen atoms in total. The number of hydrogen-bond acceptors (Lipinski definition) is 7. The van der Waals surface area contributed by atoms with E-state index in [1.165, 1.54) is 0 Å². The van der Waals surface area contributed by atoms with Crippen molar-refractivity contribution in [3.8, 4) is 22.5 Å². The van der Waals surface area contributed by atoms with Crippen LogP contribution in [0.4, 0.5) is 5.82 Å². The van der Waals surface area contributed by atoms with Crippen LogP contribution in [0.25, 0.3) is 33.4 Å². The molecule has 0 aliphatic heterocycles. The molecule has 5 rings (SSSR count). The minimum atomic E-state index is -0.855. The first-order valence-corrected chi connectivity index (χ1v) is 11.5. The van der Waals surface area contributed by atoms with Crippen molar-refractivity contribution < 1.29 is 4.79 Å². The van der Waals surface area contributed by atoms with E-state index >= 15 is 0 Å². The van der Waals surface area contributed by atoms with Gasteiger partial charge in [-0.15, -0.1) is 0 Å². The average molecular weight is 476 g/mol. The van der Waals surface area contributed by atoms with Crippen LogP contribution in [0, 0.1) is 6.92 Å². The van der Waals surface area contributed by atoms with Gasteiger partial charge in [-0.25, -0.2) is 19.9 Å². The number of nitrogens with one attached hydrogen (secondary N) is 1. The molecule has 0 bridgehead atoms. The molecule has 0 fully saturated rings. The third kappa shape index (κ3) is 4.48. The van der Waals surface area contributed by atoms with Crippen LogP contribution in [-0.2, 0) is 5.54 Å². The molecule has 3 N–H and O–H groups in total. The second kappa shape index (κ2) is 9.14. The van der Waals surface area contributed by atoms with Gasteiger partial charge in [0.25, 0.3) is 5.91 Å². The van der Waals surface area contributed by atoms with E-state index in [0.29, 0.717) is 17.2 Å². The van der Waals surface area contributed by atoms with Gasteiger partial charge in [0, 0.05) is 35.1 Å². The number of rotatable bonds is 5. The molecule has 178 valence electrons. The fourth-order valence-electron chi connectivity index (χ4n) is 3.95. The Labute approximate surface area is 208 Å². The number of aryl methyl sites for hydroxylation is 1. The number of fused-ring (bicyclic) bond motifs is 1. The zero-order valence-electron chi connectivity index (χ0n) is 20.2. The summed E-state index contributed by atoms with van der Waals surface area (Å²) < 4.78 is 0. The molecule has 0 unspecified atom stereocenters. The monoisotopic (exact) mass is 475 g/mol. The van der Waals surface area contributed by atoms with Crippen molar-refractivity contribution in [2.24, 2.45) is 0 Å². The Morgan fingerprint density at radius 1 is 0.861 bits per heavy atom. The Morgan fingerprint density at radius 2 is 1.58 bits per heavy atom. The molecule has 8 heteroatoms. The molecule has 0 atom stereocenters. The summed E-state index contributed by atoms with van der Waals surface area (Å²) in [7, 11) is 0. The fraction of sp³-hybridized carbons (Fsp3) is 0.143. The number of pyridine rings is 1. The van der Waals surface area contributed by atoms with E-state index in [4.69, 9.17) is 10.7 Å². The van der Waals surface area contributed by atoms with E-state index in [-0.39, 0.29) is 11.5 Å². The van der Waals surface area contributed by atoms with Crippen molar-refractivity contribution in [2.75, 3.05) is 5.73 Å². The number of benzene rings is 2. The second-order valence-corrected chi connectivity index (χ2v) is 9.09. The van der Waals surface area contributed by atoms with E-state index in [1.807, 2.05) is 81.4 Å². The molecule has 2 aromatic carbocycles. The molecule has 3 aromatic heterocycles. The SMILES string of the molecule is Cc1cnc(C(C)(C)NC(=O)c2nc(-c3ccc4ncccc4c3)c(-c3ccccc3)nc2N)nc1. The van der Waals surface area contributed by atoms with Crippen molar-refractivity contribution in [3.63, 3.8) is 0 Å². The number of anilines is 1. The molecular weight excluding hydrogens is 450 g/mol. The predicted molar refractivity (Wildman–Crippen MR) is 140 cm³/mol. The minimum absolute atomic E-state index is 0.0381. The zero-order valence-corrected chi connectivity index (χ0v) is 20.2. The largest absolute Gasteiger partial charge is 0.382 e. The first kappa shape index (κ1) is 23.0. The first-order chi connectivity index (χ1) is 17.3. The molecule has 3 heterocycles. The van der Waals surface area contributed by atoms with E-state index < -0.39 is 11.4 Å². The van der Waals surface area contributed by atoms with Gasteiger partial charge in [-0.3, -0.25) is 9.78 Å². The summed E-state index contributed by atoms with van der Waals surface area (Å²) >= 11 is 0. The number of hydrogen-bond donors (Lipinski definition) is 2. The van der Waals surface area contributed by atoms with Gasteiger partial charge >= 0.3 is 0 Å². The molecule has 0 saturated heterocycles. The molecule has 0 aliphatic carbocycles. The van der Waals surface area contributed by atoms with Crippen LogP contribution in [-0.4, -0.2) is 30.8 Å². The van der Waals surface area contributed by atoms with E-state index in [0.717, 1.165) is 27.6 Å². The quantitative estimate of drug-likeness (QED) is 0.378. The van der Waals surface area contributed by atoms with Gasteiger partial charge in [-0.1, -0.05) is 42.5 Å². The lowest BCUT2D eigenvalue weighted by atomic mass is 10.0. The van der Waals surface area contributed by atoms with E-state index in [9.17, 15) is 4.79 Å². The highest BCUT2D eigenvalue weighted by molar-refractivity contribution is 5.98. The molecule has 0 saturated carbocycles. The number of nitrogens with two attached hydrogens (primary N) is 1. The highest BCUT2D eigenvalue weighted by Crippen LogP contribution is 2.32. The number of amides is 1. The molecule has 5 aromatic rings. The number of nitrogens with zero attached hydrogens (tertiary/aromatic N) is 5. The smallest absolute Gasteiger partial charge is 0.274 e. The normalized spacial score (nSPS) is 11.4. The standard InChI is InChI=1S/C28H25N7O/c1-17-15-31-27(32-16-17)28(2,3)35-26(36)24-25(29)34-22(18-8-5-4-6-9-18)23(33-24)20-11-12-21-19(14-20)10-7-13-30-21/h4-16H,1-3H3,(H2,29,34)(H,35,36). The first-order valence-electron chi connectivity index (χ1n) is 11.5. The van der Waals surface area contributed by atoms with Crippen LogP contribution < -0.4 is 11.1 Å². The van der Waals surface area contributed by atoms with Gasteiger partial charge in [-0.2, -0.15) is 0 Å². The van der Waals surface area contributed by atoms with Gasteiger partial charge in [0.1, 0.15) is 0 Å². The summed E-state index contributed by atoms with van der Waals surface area (Å²) in [6, 6.07) is 19.4. The zero-order chi connectivity index (χ0) is 25.3. The maximum atomic E-state index is 13.4. The van der Waals surface area contributed by atoms with Crippen molar-refractivity contribution in [1.29, 1.82) is 0 Å². The van der Waals surface area contributed by atoms with Gasteiger partial charge in [0.2, 0.25) is 0 Å². The molecule has 1 amide bonds. The molecule has 0 radical (unpaired) electrons. The summed E-state index contributed by atoms with van der Waals surface area (Å²) in [5.74, 6) is 0.0619. The second-order valence-electron chi connectivity index (χ2n) is 9.09. The third-order valence-electron chi connectivity index (χ3n) is 5.83. The highest BCUT2D eigenvalue weighted by atomic mass is 16.2. The molecule has 0 spiro atoms. The fourth-order valence-corrected chi connectivity index (χ4v) is 3.95. The number of carbonyl (C=O) groups excluding carboxylic acids is 1. The van der Waals surface area contributed by atoms with Crippen molar-refractivity contribution in [1.82, 2.24) is 30.2 Å². The summed E-state index contributed by atoms with van der Waals surface area (Å²) in [6.07, 6.45) is 5.18. The lowest BCUT2D eigenvalue weighted by molar-refractivity contribution is 0.0904. The number of aromatic nitrogens is 5. The van der Waals surface area contributed by atoms with Crippen LogP contribution in [0.1, 0.15) is 35.7 Å². The summed E-state index contributed by atoms with van der Waals surface area (Å²) in [5, 5.41) is 3.92. The van der Waals surface area contributed by atoms with Crippen LogP contribution in [0.5, 0.6) is 0 Å². The van der Waals surface area contributed by atoms with Crippen LogP contribution in [0.3, 0.4) is 0 Å². The lowest BCUT2D eigenvalue weighted by Crippen LogP contribution is -2.43. The van der Waals surface area contributed by atoms with E-state index in [2.05, 4.69) is 25.3 Å². The number of carbonyl (C=O) groups is 1. The Balaban J connectivity index is 1.60. The molecule has 0 aliphatic rings. The Kier molecular flexibility index (Phi) is 5.85. The third-order valence-corrected chi connectivity index (χ3v) is 5.83. The average Bonchev–Trinajstić information content (AvgIpc) is 2.88. The summed E-state index contributed by atoms with van der Waals surface area (Å²) in [4.78, 5) is 35.9. The van der Waals surface area contributed by atoms with Crippen molar-refractivity contribution in [2.45, 2.75) is 26.3 Å². The van der Waals surface area contributed by atoms with Crippen LogP contribution in [0.15, 0.2) is 79.3 Å². The minimum Gasteiger partial charge on any atom is -0.382 e. The Hall–Kier alpha value is -4.72. The summed E-state index contributed by atoms with van der Waals surface area (Å²) in [5.41, 5.74) is 10.1. The van der Waals surface area contributed by atoms with Gasteiger partial charge in [-0.05, 0) is 44.5 Å². The maximum Gasteiger partial charge on any atom is 0.274 e. The van der Waals surface area contributed by atoms with Crippen LogP contribution in [0.2, 0.25) is 0 Å². The lowest BCUT2D eigenvalue weighted by Gasteiger charge is -2.25. The van der Waals surface area contributed by atoms with E-state index in [1.54, 1.807) is 18.6 Å². The Morgan fingerprint density at radius 3 is 2.33 bits per heavy atom. The molecule has 36 heavy (non-hydrogen) atoms. The van der Waals surface area contributed by atoms with Gasteiger partial charge < -0.3 is 11.1 Å². The molecular formula is C28H25N7O. The van der Waals surface area contributed by atoms with Gasteiger partial charge in [0.15, 0.2) is 17.3 Å². The number of nitrogen functional groups attached to an aromatic ring is 1. The predicted octanol–water partition coefficient (Wildman–Crippen LogP) is 4.70. The highest BCUT2D eigenvalue weighted by Gasteiger charge is 2.29. The van der Waals surface area contributed by atoms with Crippen LogP contribution >= 0.6 is 0 Å². The summed E-state index contributed by atoms with van der Waals surface area (Å²) in [6.45, 7) is 5.56. The Bertz CT molecular complexity index is 1570.